The minimum Gasteiger partial charge on any atom is -0.362 e. The highest BCUT2D eigenvalue weighted by atomic mass is 15.1. The predicted octanol–water partition coefficient (Wildman–Crippen LogP) is 5.96. The first kappa shape index (κ1) is 20.4. The second-order valence-electron chi connectivity index (χ2n) is 8.23. The van der Waals surface area contributed by atoms with Gasteiger partial charge in [-0.05, 0) is 60.4 Å². The molecular formula is C23H35N3. The first-order valence-corrected chi connectivity index (χ1v) is 9.86. The second kappa shape index (κ2) is 8.20. The normalized spacial score (nSPS) is 12.7. The minimum absolute atomic E-state index is 0.440. The van der Waals surface area contributed by atoms with Crippen LogP contribution >= 0.6 is 0 Å². The number of hydrogen-bond acceptors (Lipinski definition) is 3. The maximum atomic E-state index is 5.11. The van der Waals surface area contributed by atoms with Crippen LogP contribution in [0.3, 0.4) is 0 Å². The maximum absolute atomic E-state index is 5.11. The van der Waals surface area contributed by atoms with Gasteiger partial charge in [0.25, 0.3) is 0 Å². The van der Waals surface area contributed by atoms with E-state index in [4.69, 9.17) is 9.97 Å². The molecule has 2 heterocycles. The summed E-state index contributed by atoms with van der Waals surface area (Å²) in [6.07, 6.45) is 0.915. The summed E-state index contributed by atoms with van der Waals surface area (Å²) in [4.78, 5) is 12.2. The molecule has 0 saturated heterocycles. The molecule has 2 rings (SSSR count). The van der Waals surface area contributed by atoms with Crippen molar-refractivity contribution < 1.29 is 0 Å². The lowest BCUT2D eigenvalue weighted by molar-refractivity contribution is 0.533. The Balaban J connectivity index is 2.66. The summed E-state index contributed by atoms with van der Waals surface area (Å²) in [5.74, 6) is 2.57. The molecule has 0 spiro atoms. The van der Waals surface area contributed by atoms with Gasteiger partial charge >= 0.3 is 0 Å². The van der Waals surface area contributed by atoms with Crippen LogP contribution in [0.25, 0.3) is 11.3 Å². The lowest BCUT2D eigenvalue weighted by Crippen LogP contribution is -2.17. The molecular weight excluding hydrogens is 318 g/mol. The van der Waals surface area contributed by atoms with Gasteiger partial charge in [-0.15, -0.1) is 0 Å². The van der Waals surface area contributed by atoms with Crippen LogP contribution in [0.1, 0.15) is 75.9 Å². The van der Waals surface area contributed by atoms with E-state index in [1.165, 1.54) is 16.7 Å². The van der Waals surface area contributed by atoms with Crippen molar-refractivity contribution in [2.24, 2.45) is 5.92 Å². The summed E-state index contributed by atoms with van der Waals surface area (Å²) >= 11 is 0. The zero-order valence-electron chi connectivity index (χ0n) is 18.0. The van der Waals surface area contributed by atoms with E-state index in [2.05, 4.69) is 85.7 Å². The van der Waals surface area contributed by atoms with Crippen molar-refractivity contribution in [2.45, 2.75) is 66.7 Å². The lowest BCUT2D eigenvalue weighted by Gasteiger charge is -2.25. The Morgan fingerprint density at radius 3 is 2.15 bits per heavy atom. The van der Waals surface area contributed by atoms with Crippen molar-refractivity contribution in [1.82, 2.24) is 9.97 Å². The van der Waals surface area contributed by atoms with Gasteiger partial charge in [0.1, 0.15) is 5.82 Å². The Morgan fingerprint density at radius 1 is 1.00 bits per heavy atom. The summed E-state index contributed by atoms with van der Waals surface area (Å²) in [6.45, 7) is 15.6. The van der Waals surface area contributed by atoms with Crippen LogP contribution in [-0.2, 0) is 6.42 Å². The van der Waals surface area contributed by atoms with E-state index in [-0.39, 0.29) is 0 Å². The third kappa shape index (κ3) is 4.08. The highest BCUT2D eigenvalue weighted by Gasteiger charge is 2.20. The Hall–Kier alpha value is -1.90. The smallest absolute Gasteiger partial charge is 0.132 e. The van der Waals surface area contributed by atoms with E-state index in [0.29, 0.717) is 17.8 Å². The average Bonchev–Trinajstić information content (AvgIpc) is 2.59. The highest BCUT2D eigenvalue weighted by Crippen LogP contribution is 2.35. The van der Waals surface area contributed by atoms with E-state index < -0.39 is 0 Å². The van der Waals surface area contributed by atoms with Crippen molar-refractivity contribution in [3.63, 3.8) is 0 Å². The van der Waals surface area contributed by atoms with Crippen LogP contribution in [0.15, 0.2) is 18.2 Å². The summed E-state index contributed by atoms with van der Waals surface area (Å²) in [6, 6.07) is 6.69. The van der Waals surface area contributed by atoms with Gasteiger partial charge in [-0.1, -0.05) is 41.5 Å². The molecule has 0 unspecified atom stereocenters. The fourth-order valence-corrected chi connectivity index (χ4v) is 3.27. The number of aromatic nitrogens is 2. The second-order valence-corrected chi connectivity index (χ2v) is 8.23. The molecule has 0 bridgehead atoms. The van der Waals surface area contributed by atoms with Crippen LogP contribution in [0.4, 0.5) is 5.82 Å². The average molecular weight is 354 g/mol. The highest BCUT2D eigenvalue weighted by molar-refractivity contribution is 5.69. The Kier molecular flexibility index (Phi) is 6.44. The Morgan fingerprint density at radius 2 is 1.65 bits per heavy atom. The quantitative estimate of drug-likeness (QED) is 0.641. The van der Waals surface area contributed by atoms with E-state index in [1.54, 1.807) is 0 Å². The summed E-state index contributed by atoms with van der Waals surface area (Å²) in [5.41, 5.74) is 7.08. The first-order chi connectivity index (χ1) is 12.2. The monoisotopic (exact) mass is 353 g/mol. The summed E-state index contributed by atoms with van der Waals surface area (Å²) in [7, 11) is 4.16. The molecule has 142 valence electrons. The topological polar surface area (TPSA) is 29.0 Å². The molecule has 26 heavy (non-hydrogen) atoms. The SMILES string of the molecule is CCc1nc(C(C)C)ccc1-c1nc(N(C)C)c([C@H](C)C(C)C)cc1C. The van der Waals surface area contributed by atoms with Gasteiger partial charge in [-0.25, -0.2) is 4.98 Å². The zero-order valence-corrected chi connectivity index (χ0v) is 18.0. The Labute approximate surface area is 159 Å². The molecule has 0 aliphatic heterocycles. The van der Waals surface area contributed by atoms with Gasteiger partial charge in [0.2, 0.25) is 0 Å². The van der Waals surface area contributed by atoms with Crippen molar-refractivity contribution in [1.29, 1.82) is 0 Å². The summed E-state index contributed by atoms with van der Waals surface area (Å²) in [5, 5.41) is 0. The van der Waals surface area contributed by atoms with E-state index >= 15 is 0 Å². The molecule has 3 nitrogen and oxygen atoms in total. The lowest BCUT2D eigenvalue weighted by atomic mass is 9.88. The minimum atomic E-state index is 0.440. The van der Waals surface area contributed by atoms with Crippen molar-refractivity contribution in [3.8, 4) is 11.3 Å². The van der Waals surface area contributed by atoms with Crippen LogP contribution in [0.5, 0.6) is 0 Å². The van der Waals surface area contributed by atoms with Crippen LogP contribution in [-0.4, -0.2) is 24.1 Å². The molecule has 0 aromatic carbocycles. The molecule has 2 aromatic heterocycles. The zero-order chi connectivity index (χ0) is 19.6. The van der Waals surface area contributed by atoms with Crippen LogP contribution in [0.2, 0.25) is 0 Å². The summed E-state index contributed by atoms with van der Waals surface area (Å²) < 4.78 is 0. The number of pyridine rings is 2. The molecule has 0 fully saturated rings. The van der Waals surface area contributed by atoms with Crippen molar-refractivity contribution >= 4 is 5.82 Å². The third-order valence-corrected chi connectivity index (χ3v) is 5.31. The molecule has 2 aromatic rings. The van der Waals surface area contributed by atoms with Crippen molar-refractivity contribution in [3.05, 3.63) is 40.7 Å². The number of rotatable bonds is 6. The third-order valence-electron chi connectivity index (χ3n) is 5.31. The van der Waals surface area contributed by atoms with Gasteiger partial charge in [-0.2, -0.15) is 0 Å². The van der Waals surface area contributed by atoms with Crippen LogP contribution < -0.4 is 4.90 Å². The van der Waals surface area contributed by atoms with Crippen molar-refractivity contribution in [2.75, 3.05) is 19.0 Å². The molecule has 3 heteroatoms. The van der Waals surface area contributed by atoms with Gasteiger partial charge in [-0.3, -0.25) is 4.98 Å². The van der Waals surface area contributed by atoms with E-state index in [1.807, 2.05) is 0 Å². The Bertz CT molecular complexity index is 760. The van der Waals surface area contributed by atoms with E-state index in [0.717, 1.165) is 29.3 Å². The van der Waals surface area contributed by atoms with Gasteiger partial charge in [0.15, 0.2) is 0 Å². The molecule has 0 N–H and O–H groups in total. The first-order valence-electron chi connectivity index (χ1n) is 9.86. The van der Waals surface area contributed by atoms with Gasteiger partial charge < -0.3 is 4.90 Å². The van der Waals surface area contributed by atoms with Crippen LogP contribution in [0, 0.1) is 12.8 Å². The maximum Gasteiger partial charge on any atom is 0.132 e. The molecule has 0 aliphatic rings. The number of hydrogen-bond donors (Lipinski definition) is 0. The fraction of sp³-hybridized carbons (Fsp3) is 0.565. The molecule has 0 saturated carbocycles. The molecule has 0 radical (unpaired) electrons. The number of nitrogens with zero attached hydrogens (tertiary/aromatic N) is 3. The standard InChI is InChI=1S/C23H35N3/c1-10-20-18(11-12-21(24-20)15(4)5)22-16(6)13-19(17(7)14(2)3)23(25-22)26(8)9/h11-15,17H,10H2,1-9H3/t17-/m1/s1. The number of aryl methyl sites for hydroxylation is 2. The van der Waals surface area contributed by atoms with Gasteiger partial charge in [0, 0.05) is 31.0 Å². The number of anilines is 1. The fourth-order valence-electron chi connectivity index (χ4n) is 3.27. The molecule has 1 atom stereocenters. The largest absolute Gasteiger partial charge is 0.362 e. The molecule has 0 aliphatic carbocycles. The molecule has 0 amide bonds. The predicted molar refractivity (Wildman–Crippen MR) is 113 cm³/mol. The van der Waals surface area contributed by atoms with Gasteiger partial charge in [0.05, 0.1) is 5.69 Å². The van der Waals surface area contributed by atoms with E-state index in [9.17, 15) is 0 Å².